The van der Waals surface area contributed by atoms with Crippen LogP contribution < -0.4 is 10.2 Å². The molecule has 8 heteroatoms. The number of piperidine rings is 1. The smallest absolute Gasteiger partial charge is 0.151 e. The molecule has 2 aromatic heterocycles. The van der Waals surface area contributed by atoms with E-state index in [0.29, 0.717) is 17.1 Å². The maximum atomic E-state index is 15.0. The Morgan fingerprint density at radius 2 is 2.14 bits per heavy atom. The van der Waals surface area contributed by atoms with E-state index in [0.717, 1.165) is 18.7 Å². The van der Waals surface area contributed by atoms with Gasteiger partial charge in [-0.05, 0) is 43.5 Å². The van der Waals surface area contributed by atoms with Crippen LogP contribution >= 0.6 is 0 Å². The minimum absolute atomic E-state index is 0.113. The van der Waals surface area contributed by atoms with Crippen molar-refractivity contribution in [2.45, 2.75) is 31.1 Å². The third-order valence-corrected chi connectivity index (χ3v) is 6.36. The van der Waals surface area contributed by atoms with Gasteiger partial charge in [0.05, 0.1) is 23.8 Å². The number of rotatable bonds is 4. The van der Waals surface area contributed by atoms with Crippen LogP contribution in [0.4, 0.5) is 10.2 Å². The van der Waals surface area contributed by atoms with Gasteiger partial charge in [-0.3, -0.25) is 0 Å². The molecule has 0 amide bonds. The SMILES string of the molecule is CN(c1ccc(-c2ccc(-n3ccnc3)cc2O)nn1)[C@H]1C2CN[C@@](C)(C2)[C@@H]1F. The Bertz CT molecular complexity index is 1020. The molecular formula is C21H23FN6O. The highest BCUT2D eigenvalue weighted by Crippen LogP contribution is 2.44. The van der Waals surface area contributed by atoms with Gasteiger partial charge in [0.1, 0.15) is 11.9 Å². The van der Waals surface area contributed by atoms with E-state index in [1.54, 1.807) is 24.7 Å². The molecule has 2 bridgehead atoms. The molecule has 5 rings (SSSR count). The number of alkyl halides is 1. The topological polar surface area (TPSA) is 79.1 Å². The van der Waals surface area contributed by atoms with Crippen molar-refractivity contribution >= 4 is 5.82 Å². The lowest BCUT2D eigenvalue weighted by Crippen LogP contribution is -2.56. The normalized spacial score (nSPS) is 28.0. The number of phenols is 1. The zero-order valence-electron chi connectivity index (χ0n) is 16.3. The molecule has 1 aromatic carbocycles. The van der Waals surface area contributed by atoms with E-state index in [2.05, 4.69) is 20.5 Å². The minimum Gasteiger partial charge on any atom is -0.507 e. The maximum Gasteiger partial charge on any atom is 0.151 e. The maximum absolute atomic E-state index is 15.0. The molecule has 2 N–H and O–H groups in total. The molecule has 3 aromatic rings. The van der Waals surface area contributed by atoms with Crippen LogP contribution in [0, 0.1) is 5.92 Å². The quantitative estimate of drug-likeness (QED) is 0.708. The van der Waals surface area contributed by atoms with Crippen molar-refractivity contribution in [1.82, 2.24) is 25.1 Å². The fourth-order valence-electron chi connectivity index (χ4n) is 4.75. The molecule has 3 heterocycles. The Hall–Kier alpha value is -3.00. The first-order valence-corrected chi connectivity index (χ1v) is 9.74. The molecule has 150 valence electrons. The average Bonchev–Trinajstić information content (AvgIpc) is 3.43. The molecule has 2 aliphatic rings. The minimum atomic E-state index is -0.951. The van der Waals surface area contributed by atoms with Gasteiger partial charge in [-0.2, -0.15) is 0 Å². The number of fused-ring (bicyclic) bond motifs is 2. The zero-order valence-corrected chi connectivity index (χ0v) is 16.3. The molecule has 29 heavy (non-hydrogen) atoms. The third kappa shape index (κ3) is 2.86. The number of anilines is 1. The highest BCUT2D eigenvalue weighted by atomic mass is 19.1. The standard InChI is InChI=1S/C21H23FN6O/c1-21-10-13(11-24-21)19(20(21)22)27(2)18-6-5-16(25-26-18)15-4-3-14(9-17(15)29)28-8-7-23-12-28/h3-9,12-13,19-20,24,29H,10-11H2,1-2H3/t13?,19-,20+,21-/m0/s1. The lowest BCUT2D eigenvalue weighted by Gasteiger charge is -2.37. The van der Waals surface area contributed by atoms with Gasteiger partial charge in [0, 0.05) is 43.2 Å². The van der Waals surface area contributed by atoms with Gasteiger partial charge >= 0.3 is 0 Å². The predicted octanol–water partition coefficient (Wildman–Crippen LogP) is 2.56. The van der Waals surface area contributed by atoms with E-state index in [1.165, 1.54) is 0 Å². The average molecular weight is 394 g/mol. The van der Waals surface area contributed by atoms with E-state index in [-0.39, 0.29) is 17.7 Å². The van der Waals surface area contributed by atoms with Crippen LogP contribution in [0.3, 0.4) is 0 Å². The Morgan fingerprint density at radius 3 is 2.76 bits per heavy atom. The van der Waals surface area contributed by atoms with Gasteiger partial charge in [0.15, 0.2) is 5.82 Å². The first-order valence-electron chi connectivity index (χ1n) is 9.74. The van der Waals surface area contributed by atoms with Gasteiger partial charge in [-0.1, -0.05) is 0 Å². The largest absolute Gasteiger partial charge is 0.507 e. The van der Waals surface area contributed by atoms with Crippen molar-refractivity contribution in [3.8, 4) is 22.7 Å². The number of phenolic OH excluding ortho intramolecular Hbond substituents is 1. The number of halogens is 1. The van der Waals surface area contributed by atoms with Gasteiger partial charge in [-0.25, -0.2) is 9.37 Å². The summed E-state index contributed by atoms with van der Waals surface area (Å²) >= 11 is 0. The second kappa shape index (κ2) is 6.52. The van der Waals surface area contributed by atoms with Crippen LogP contribution in [0.15, 0.2) is 49.1 Å². The summed E-state index contributed by atoms with van der Waals surface area (Å²) in [4.78, 5) is 5.92. The van der Waals surface area contributed by atoms with Gasteiger partial charge < -0.3 is 19.9 Å². The van der Waals surface area contributed by atoms with Crippen molar-refractivity contribution in [1.29, 1.82) is 0 Å². The summed E-state index contributed by atoms with van der Waals surface area (Å²) in [5.74, 6) is 1.01. The van der Waals surface area contributed by atoms with E-state index in [9.17, 15) is 9.50 Å². The number of hydrogen-bond acceptors (Lipinski definition) is 6. The number of aromatic hydroxyl groups is 1. The van der Waals surface area contributed by atoms with Crippen molar-refractivity contribution in [2.75, 3.05) is 18.5 Å². The number of imidazole rings is 1. The summed E-state index contributed by atoms with van der Waals surface area (Å²) in [6.07, 6.45) is 5.05. The highest BCUT2D eigenvalue weighted by Gasteiger charge is 2.57. The van der Waals surface area contributed by atoms with Gasteiger partial charge in [0.2, 0.25) is 0 Å². The molecular weight excluding hydrogens is 371 g/mol. The molecule has 7 nitrogen and oxygen atoms in total. The van der Waals surface area contributed by atoms with Crippen LogP contribution in [0.1, 0.15) is 13.3 Å². The fourth-order valence-corrected chi connectivity index (χ4v) is 4.75. The van der Waals surface area contributed by atoms with Crippen LogP contribution in [0.2, 0.25) is 0 Å². The van der Waals surface area contributed by atoms with Crippen molar-refractivity contribution < 1.29 is 9.50 Å². The summed E-state index contributed by atoms with van der Waals surface area (Å²) in [6.45, 7) is 2.78. The first kappa shape index (κ1) is 18.1. The van der Waals surface area contributed by atoms with E-state index in [1.807, 2.05) is 47.8 Å². The van der Waals surface area contributed by atoms with Crippen LogP contribution in [0.5, 0.6) is 5.75 Å². The molecule has 1 saturated carbocycles. The van der Waals surface area contributed by atoms with Gasteiger partial charge in [0.25, 0.3) is 0 Å². The number of nitrogens with zero attached hydrogens (tertiary/aromatic N) is 5. The molecule has 1 aliphatic heterocycles. The Morgan fingerprint density at radius 1 is 1.28 bits per heavy atom. The van der Waals surface area contributed by atoms with E-state index >= 15 is 0 Å². The lowest BCUT2D eigenvalue weighted by atomic mass is 9.96. The Kier molecular flexibility index (Phi) is 4.06. The Labute approximate surface area is 168 Å². The molecule has 0 radical (unpaired) electrons. The zero-order chi connectivity index (χ0) is 20.2. The fraction of sp³-hybridized carbons (Fsp3) is 0.381. The third-order valence-electron chi connectivity index (χ3n) is 6.36. The second-order valence-corrected chi connectivity index (χ2v) is 8.21. The number of aromatic nitrogens is 4. The van der Waals surface area contributed by atoms with Crippen molar-refractivity contribution in [3.05, 3.63) is 49.1 Å². The summed E-state index contributed by atoms with van der Waals surface area (Å²) in [5.41, 5.74) is 1.52. The van der Waals surface area contributed by atoms with Crippen molar-refractivity contribution in [2.24, 2.45) is 5.92 Å². The van der Waals surface area contributed by atoms with E-state index in [4.69, 9.17) is 0 Å². The van der Waals surface area contributed by atoms with E-state index < -0.39 is 11.7 Å². The number of nitrogens with one attached hydrogen (secondary N) is 1. The predicted molar refractivity (Wildman–Crippen MR) is 108 cm³/mol. The second-order valence-electron chi connectivity index (χ2n) is 8.21. The molecule has 1 aliphatic carbocycles. The van der Waals surface area contributed by atoms with Crippen LogP contribution in [-0.2, 0) is 0 Å². The number of benzene rings is 1. The highest BCUT2D eigenvalue weighted by molar-refractivity contribution is 5.69. The molecule has 1 saturated heterocycles. The first-order chi connectivity index (χ1) is 14.0. The summed E-state index contributed by atoms with van der Waals surface area (Å²) < 4.78 is 16.8. The van der Waals surface area contributed by atoms with Crippen molar-refractivity contribution in [3.63, 3.8) is 0 Å². The molecule has 1 unspecified atom stereocenters. The monoisotopic (exact) mass is 394 g/mol. The molecule has 0 spiro atoms. The number of hydrogen-bond donors (Lipinski definition) is 2. The Balaban J connectivity index is 1.38. The van der Waals surface area contributed by atoms with Crippen LogP contribution in [0.25, 0.3) is 16.9 Å². The molecule has 4 atom stereocenters. The summed E-state index contributed by atoms with van der Waals surface area (Å²) in [7, 11) is 1.88. The summed E-state index contributed by atoms with van der Waals surface area (Å²) in [5, 5.41) is 22.4. The lowest BCUT2D eigenvalue weighted by molar-refractivity contribution is 0.163. The summed E-state index contributed by atoms with van der Waals surface area (Å²) in [6, 6.07) is 8.79. The molecule has 2 fully saturated rings. The van der Waals surface area contributed by atoms with Crippen LogP contribution in [-0.4, -0.2) is 56.2 Å². The van der Waals surface area contributed by atoms with Gasteiger partial charge in [-0.15, -0.1) is 10.2 Å².